The Kier molecular flexibility index (Phi) is 5.89. The molecule has 0 unspecified atom stereocenters. The van der Waals surface area contributed by atoms with Gasteiger partial charge in [0.1, 0.15) is 11.5 Å². The first-order valence-corrected chi connectivity index (χ1v) is 7.78. The third-order valence-electron chi connectivity index (χ3n) is 2.80. The van der Waals surface area contributed by atoms with Crippen LogP contribution in [0.3, 0.4) is 0 Å². The lowest BCUT2D eigenvalue weighted by Crippen LogP contribution is -2.13. The maximum absolute atomic E-state index is 5.91. The average molecular weight is 355 g/mol. The summed E-state index contributed by atoms with van der Waals surface area (Å²) in [6.07, 6.45) is 1.14. The van der Waals surface area contributed by atoms with E-state index in [-0.39, 0.29) is 0 Å². The zero-order valence-corrected chi connectivity index (χ0v) is 13.7. The van der Waals surface area contributed by atoms with Crippen LogP contribution in [-0.4, -0.2) is 6.54 Å². The van der Waals surface area contributed by atoms with Crippen LogP contribution in [0.5, 0.6) is 11.5 Å². The fraction of sp³-hybridized carbons (Fsp3) is 0.250. The van der Waals surface area contributed by atoms with E-state index in [4.69, 9.17) is 16.3 Å². The van der Waals surface area contributed by atoms with Gasteiger partial charge in [0, 0.05) is 11.6 Å². The van der Waals surface area contributed by atoms with E-state index in [2.05, 4.69) is 40.3 Å². The molecule has 1 N–H and O–H groups in total. The number of hydrogen-bond donors (Lipinski definition) is 1. The Morgan fingerprint density at radius 2 is 1.90 bits per heavy atom. The summed E-state index contributed by atoms with van der Waals surface area (Å²) < 4.78 is 6.66. The second-order valence-corrected chi connectivity index (χ2v) is 5.79. The number of halogens is 2. The molecule has 0 aliphatic heterocycles. The minimum atomic E-state index is 0.682. The Hall–Kier alpha value is -1.03. The first-order valence-electron chi connectivity index (χ1n) is 6.61. The predicted molar refractivity (Wildman–Crippen MR) is 87.7 cm³/mol. The molecular formula is C16H17BrClNO. The van der Waals surface area contributed by atoms with Crippen LogP contribution in [0.15, 0.2) is 46.9 Å². The summed E-state index contributed by atoms with van der Waals surface area (Å²) in [5, 5.41) is 4.05. The molecule has 2 nitrogen and oxygen atoms in total. The topological polar surface area (TPSA) is 21.3 Å². The number of rotatable bonds is 6. The molecule has 4 heteroatoms. The lowest BCUT2D eigenvalue weighted by atomic mass is 10.2. The molecule has 0 aliphatic carbocycles. The molecule has 0 spiro atoms. The van der Waals surface area contributed by atoms with Crippen molar-refractivity contribution in [3.63, 3.8) is 0 Å². The average Bonchev–Trinajstić information content (AvgIpc) is 2.44. The van der Waals surface area contributed by atoms with E-state index in [1.165, 1.54) is 5.56 Å². The van der Waals surface area contributed by atoms with E-state index in [0.717, 1.165) is 35.5 Å². The zero-order valence-electron chi connectivity index (χ0n) is 11.3. The van der Waals surface area contributed by atoms with Gasteiger partial charge in [-0.05, 0) is 64.8 Å². The minimum Gasteiger partial charge on any atom is -0.456 e. The summed E-state index contributed by atoms with van der Waals surface area (Å²) in [4.78, 5) is 0. The largest absolute Gasteiger partial charge is 0.456 e. The molecule has 2 aromatic carbocycles. The van der Waals surface area contributed by atoms with Crippen LogP contribution in [0.2, 0.25) is 5.02 Å². The Bertz CT molecular complexity index is 557. The van der Waals surface area contributed by atoms with Crippen molar-refractivity contribution >= 4 is 27.5 Å². The van der Waals surface area contributed by atoms with E-state index < -0.39 is 0 Å². The summed E-state index contributed by atoms with van der Waals surface area (Å²) in [5.41, 5.74) is 1.25. The number of benzene rings is 2. The van der Waals surface area contributed by atoms with Crippen molar-refractivity contribution in [3.8, 4) is 11.5 Å². The first-order chi connectivity index (χ1) is 9.69. The quantitative estimate of drug-likeness (QED) is 0.702. The molecule has 0 amide bonds. The van der Waals surface area contributed by atoms with Crippen molar-refractivity contribution in [1.82, 2.24) is 5.32 Å². The van der Waals surface area contributed by atoms with Crippen molar-refractivity contribution in [1.29, 1.82) is 0 Å². The fourth-order valence-electron chi connectivity index (χ4n) is 1.77. The van der Waals surface area contributed by atoms with E-state index in [1.807, 2.05) is 30.3 Å². The molecular weight excluding hydrogens is 338 g/mol. The van der Waals surface area contributed by atoms with E-state index in [0.29, 0.717) is 5.02 Å². The fourth-order valence-corrected chi connectivity index (χ4v) is 2.53. The standard InChI is InChI=1S/C16H17BrClNO/c1-2-9-19-11-12-3-6-14(7-4-12)20-16-8-5-13(18)10-15(16)17/h3-8,10,19H,2,9,11H2,1H3. The van der Waals surface area contributed by atoms with Crippen molar-refractivity contribution in [3.05, 3.63) is 57.5 Å². The molecule has 0 aromatic heterocycles. The summed E-state index contributed by atoms with van der Waals surface area (Å²) in [6, 6.07) is 13.6. The van der Waals surface area contributed by atoms with E-state index in [9.17, 15) is 0 Å². The second kappa shape index (κ2) is 7.67. The van der Waals surface area contributed by atoms with Crippen LogP contribution in [0, 0.1) is 0 Å². The van der Waals surface area contributed by atoms with Gasteiger partial charge in [0.2, 0.25) is 0 Å². The monoisotopic (exact) mass is 353 g/mol. The van der Waals surface area contributed by atoms with E-state index >= 15 is 0 Å². The summed E-state index contributed by atoms with van der Waals surface area (Å²) >= 11 is 9.35. The molecule has 106 valence electrons. The SMILES string of the molecule is CCCNCc1ccc(Oc2ccc(Cl)cc2Br)cc1. The van der Waals surface area contributed by atoms with Crippen molar-refractivity contribution in [2.45, 2.75) is 19.9 Å². The smallest absolute Gasteiger partial charge is 0.141 e. The molecule has 0 fully saturated rings. The molecule has 2 aromatic rings. The van der Waals surface area contributed by atoms with Crippen LogP contribution in [-0.2, 0) is 6.54 Å². The maximum atomic E-state index is 5.91. The van der Waals surface area contributed by atoms with Gasteiger partial charge in [-0.1, -0.05) is 30.7 Å². The van der Waals surface area contributed by atoms with Crippen LogP contribution in [0.25, 0.3) is 0 Å². The third kappa shape index (κ3) is 4.51. The zero-order chi connectivity index (χ0) is 14.4. The lowest BCUT2D eigenvalue weighted by Gasteiger charge is -2.09. The van der Waals surface area contributed by atoms with Crippen molar-refractivity contribution in [2.24, 2.45) is 0 Å². The second-order valence-electron chi connectivity index (χ2n) is 4.50. The van der Waals surface area contributed by atoms with Crippen molar-refractivity contribution < 1.29 is 4.74 Å². The highest BCUT2D eigenvalue weighted by Gasteiger charge is 2.03. The summed E-state index contributed by atoms with van der Waals surface area (Å²) in [6.45, 7) is 4.09. The van der Waals surface area contributed by atoms with Gasteiger partial charge in [0.05, 0.1) is 4.47 Å². The Morgan fingerprint density at radius 3 is 2.55 bits per heavy atom. The molecule has 2 rings (SSSR count). The molecule has 0 heterocycles. The van der Waals surface area contributed by atoms with E-state index in [1.54, 1.807) is 0 Å². The summed E-state index contributed by atoms with van der Waals surface area (Å²) in [7, 11) is 0. The van der Waals surface area contributed by atoms with Gasteiger partial charge >= 0.3 is 0 Å². The van der Waals surface area contributed by atoms with Crippen molar-refractivity contribution in [2.75, 3.05) is 6.54 Å². The van der Waals surface area contributed by atoms with Crippen LogP contribution in [0.1, 0.15) is 18.9 Å². The summed E-state index contributed by atoms with van der Waals surface area (Å²) in [5.74, 6) is 1.57. The molecule has 0 atom stereocenters. The molecule has 0 saturated carbocycles. The van der Waals surface area contributed by atoms with Gasteiger partial charge in [-0.15, -0.1) is 0 Å². The Morgan fingerprint density at radius 1 is 1.15 bits per heavy atom. The highest BCUT2D eigenvalue weighted by atomic mass is 79.9. The lowest BCUT2D eigenvalue weighted by molar-refractivity contribution is 0.479. The molecule has 0 aliphatic rings. The van der Waals surface area contributed by atoms with Gasteiger partial charge in [-0.3, -0.25) is 0 Å². The third-order valence-corrected chi connectivity index (χ3v) is 3.66. The molecule has 20 heavy (non-hydrogen) atoms. The predicted octanol–water partition coefficient (Wildman–Crippen LogP) is 5.39. The highest BCUT2D eigenvalue weighted by Crippen LogP contribution is 2.31. The van der Waals surface area contributed by atoms with Gasteiger partial charge < -0.3 is 10.1 Å². The number of nitrogens with one attached hydrogen (secondary N) is 1. The molecule has 0 radical (unpaired) electrons. The minimum absolute atomic E-state index is 0.682. The van der Waals surface area contributed by atoms with Crippen LogP contribution >= 0.6 is 27.5 Å². The van der Waals surface area contributed by atoms with Crippen LogP contribution in [0.4, 0.5) is 0 Å². The maximum Gasteiger partial charge on any atom is 0.141 e. The Balaban J connectivity index is 1.99. The molecule has 0 saturated heterocycles. The van der Waals surface area contributed by atoms with Gasteiger partial charge in [-0.25, -0.2) is 0 Å². The van der Waals surface area contributed by atoms with Gasteiger partial charge in [0.15, 0.2) is 0 Å². The van der Waals surface area contributed by atoms with Gasteiger partial charge in [0.25, 0.3) is 0 Å². The number of ether oxygens (including phenoxy) is 1. The molecule has 0 bridgehead atoms. The highest BCUT2D eigenvalue weighted by molar-refractivity contribution is 9.10. The Labute approximate surface area is 133 Å². The normalized spacial score (nSPS) is 10.6. The first kappa shape index (κ1) is 15.4. The van der Waals surface area contributed by atoms with Gasteiger partial charge in [-0.2, -0.15) is 0 Å². The number of hydrogen-bond acceptors (Lipinski definition) is 2. The van der Waals surface area contributed by atoms with Crippen LogP contribution < -0.4 is 10.1 Å².